The molecule has 0 unspecified atom stereocenters. The molecule has 2 nitrogen and oxygen atoms in total. The summed E-state index contributed by atoms with van der Waals surface area (Å²) in [5.74, 6) is 1.02. The highest BCUT2D eigenvalue weighted by atomic mass is 16.5. The highest BCUT2D eigenvalue weighted by Gasteiger charge is 2.13. The van der Waals surface area contributed by atoms with Crippen LogP contribution in [0.4, 0.5) is 0 Å². The molecule has 1 aliphatic rings. The van der Waals surface area contributed by atoms with Crippen molar-refractivity contribution in [1.29, 1.82) is 0 Å². The minimum atomic E-state index is 0.438. The van der Waals surface area contributed by atoms with Crippen molar-refractivity contribution in [2.24, 2.45) is 0 Å². The molecule has 0 amide bonds. The van der Waals surface area contributed by atoms with Crippen molar-refractivity contribution >= 4 is 0 Å². The summed E-state index contributed by atoms with van der Waals surface area (Å²) in [4.78, 5) is 0. The van der Waals surface area contributed by atoms with Crippen LogP contribution >= 0.6 is 0 Å². The van der Waals surface area contributed by atoms with Gasteiger partial charge in [0, 0.05) is 6.54 Å². The average Bonchev–Trinajstić information content (AvgIpc) is 2.61. The predicted molar refractivity (Wildman–Crippen MR) is 71.3 cm³/mol. The monoisotopic (exact) mass is 233 g/mol. The van der Waals surface area contributed by atoms with Crippen LogP contribution in [0.1, 0.15) is 44.1 Å². The number of ether oxygens (including phenoxy) is 1. The summed E-state index contributed by atoms with van der Waals surface area (Å²) in [5.41, 5.74) is 1.31. The molecule has 0 aliphatic heterocycles. The van der Waals surface area contributed by atoms with E-state index >= 15 is 0 Å². The Bertz CT molecular complexity index is 312. The van der Waals surface area contributed by atoms with Gasteiger partial charge in [-0.2, -0.15) is 0 Å². The fourth-order valence-electron chi connectivity index (χ4n) is 2.44. The zero-order valence-electron chi connectivity index (χ0n) is 10.7. The standard InChI is InChI=1S/C15H23NO/c1-16-12-13-8-10-15(11-9-13)17-14-6-4-2-3-5-7-14/h8-11,14,16H,2-7,12H2,1H3. The fourth-order valence-corrected chi connectivity index (χ4v) is 2.44. The lowest BCUT2D eigenvalue weighted by Gasteiger charge is -2.17. The summed E-state index contributed by atoms with van der Waals surface area (Å²) >= 11 is 0. The van der Waals surface area contributed by atoms with Crippen molar-refractivity contribution in [2.75, 3.05) is 7.05 Å². The van der Waals surface area contributed by atoms with Gasteiger partial charge in [-0.05, 0) is 50.4 Å². The molecule has 17 heavy (non-hydrogen) atoms. The van der Waals surface area contributed by atoms with E-state index in [2.05, 4.69) is 29.6 Å². The van der Waals surface area contributed by atoms with Crippen LogP contribution in [0.3, 0.4) is 0 Å². The topological polar surface area (TPSA) is 21.3 Å². The normalized spacial score (nSPS) is 17.7. The highest BCUT2D eigenvalue weighted by molar-refractivity contribution is 5.27. The zero-order chi connectivity index (χ0) is 11.9. The van der Waals surface area contributed by atoms with E-state index in [1.807, 2.05) is 7.05 Å². The van der Waals surface area contributed by atoms with Gasteiger partial charge < -0.3 is 10.1 Å². The first-order chi connectivity index (χ1) is 8.38. The van der Waals surface area contributed by atoms with Crippen molar-refractivity contribution in [3.8, 4) is 5.75 Å². The van der Waals surface area contributed by atoms with Crippen LogP contribution in [0.25, 0.3) is 0 Å². The van der Waals surface area contributed by atoms with E-state index in [1.54, 1.807) is 0 Å². The van der Waals surface area contributed by atoms with E-state index in [-0.39, 0.29) is 0 Å². The Hall–Kier alpha value is -1.02. The third-order valence-electron chi connectivity index (χ3n) is 3.41. The quantitative estimate of drug-likeness (QED) is 0.804. The maximum absolute atomic E-state index is 6.05. The molecule has 2 rings (SSSR count). The smallest absolute Gasteiger partial charge is 0.119 e. The molecule has 1 aliphatic carbocycles. The van der Waals surface area contributed by atoms with Crippen LogP contribution in [-0.2, 0) is 6.54 Å². The molecule has 94 valence electrons. The first-order valence-electron chi connectivity index (χ1n) is 6.78. The van der Waals surface area contributed by atoms with E-state index in [9.17, 15) is 0 Å². The lowest BCUT2D eigenvalue weighted by atomic mass is 10.1. The van der Waals surface area contributed by atoms with E-state index in [0.717, 1.165) is 12.3 Å². The van der Waals surface area contributed by atoms with Crippen molar-refractivity contribution in [2.45, 2.75) is 51.2 Å². The molecule has 0 saturated heterocycles. The van der Waals surface area contributed by atoms with E-state index in [4.69, 9.17) is 4.74 Å². The predicted octanol–water partition coefficient (Wildman–Crippen LogP) is 3.51. The third-order valence-corrected chi connectivity index (χ3v) is 3.41. The van der Waals surface area contributed by atoms with Crippen LogP contribution < -0.4 is 10.1 Å². The summed E-state index contributed by atoms with van der Waals surface area (Å²) < 4.78 is 6.05. The van der Waals surface area contributed by atoms with Gasteiger partial charge in [0.15, 0.2) is 0 Å². The van der Waals surface area contributed by atoms with E-state index in [0.29, 0.717) is 6.10 Å². The number of benzene rings is 1. The van der Waals surface area contributed by atoms with Crippen LogP contribution in [0, 0.1) is 0 Å². The van der Waals surface area contributed by atoms with Gasteiger partial charge >= 0.3 is 0 Å². The SMILES string of the molecule is CNCc1ccc(OC2CCCCCC2)cc1. The van der Waals surface area contributed by atoms with Gasteiger partial charge in [0.05, 0.1) is 6.10 Å². The van der Waals surface area contributed by atoms with Gasteiger partial charge in [0.1, 0.15) is 5.75 Å². The fraction of sp³-hybridized carbons (Fsp3) is 0.600. The second-order valence-corrected chi connectivity index (χ2v) is 4.91. The summed E-state index contributed by atoms with van der Waals surface area (Å²) in [6.45, 7) is 0.920. The van der Waals surface area contributed by atoms with Crippen molar-refractivity contribution in [3.05, 3.63) is 29.8 Å². The Morgan fingerprint density at radius 3 is 2.29 bits per heavy atom. The van der Waals surface area contributed by atoms with E-state index in [1.165, 1.54) is 44.1 Å². The van der Waals surface area contributed by atoms with Crippen LogP contribution in [0.5, 0.6) is 5.75 Å². The number of nitrogens with one attached hydrogen (secondary N) is 1. The van der Waals surface area contributed by atoms with Crippen LogP contribution in [0.2, 0.25) is 0 Å². The maximum atomic E-state index is 6.05. The molecule has 0 atom stereocenters. The molecular formula is C15H23NO. The average molecular weight is 233 g/mol. The Morgan fingerprint density at radius 1 is 1.06 bits per heavy atom. The van der Waals surface area contributed by atoms with Gasteiger partial charge in [0.25, 0.3) is 0 Å². The molecule has 1 aromatic carbocycles. The first kappa shape index (κ1) is 12.4. The van der Waals surface area contributed by atoms with Crippen LogP contribution in [0.15, 0.2) is 24.3 Å². The van der Waals surface area contributed by atoms with Crippen molar-refractivity contribution in [1.82, 2.24) is 5.32 Å². The van der Waals surface area contributed by atoms with Gasteiger partial charge in [0.2, 0.25) is 0 Å². The molecular weight excluding hydrogens is 210 g/mol. The summed E-state index contributed by atoms with van der Waals surface area (Å²) in [7, 11) is 1.97. The lowest BCUT2D eigenvalue weighted by Crippen LogP contribution is -2.15. The van der Waals surface area contributed by atoms with Gasteiger partial charge in [-0.15, -0.1) is 0 Å². The van der Waals surface area contributed by atoms with Crippen molar-refractivity contribution < 1.29 is 4.74 Å². The Morgan fingerprint density at radius 2 is 1.71 bits per heavy atom. The molecule has 0 heterocycles. The third kappa shape index (κ3) is 4.04. The minimum absolute atomic E-state index is 0.438. The second kappa shape index (κ2) is 6.65. The molecule has 1 aromatic rings. The largest absolute Gasteiger partial charge is 0.490 e. The minimum Gasteiger partial charge on any atom is -0.490 e. The summed E-state index contributed by atoms with van der Waals surface area (Å²) in [5, 5.41) is 3.15. The van der Waals surface area contributed by atoms with Crippen LogP contribution in [-0.4, -0.2) is 13.2 Å². The Balaban J connectivity index is 1.88. The first-order valence-corrected chi connectivity index (χ1v) is 6.78. The number of rotatable bonds is 4. The summed E-state index contributed by atoms with van der Waals surface area (Å²) in [6, 6.07) is 8.47. The Kier molecular flexibility index (Phi) is 4.87. The molecule has 2 heteroatoms. The molecule has 0 bridgehead atoms. The number of hydrogen-bond acceptors (Lipinski definition) is 2. The zero-order valence-corrected chi connectivity index (χ0v) is 10.7. The lowest BCUT2D eigenvalue weighted by molar-refractivity contribution is 0.183. The molecule has 0 spiro atoms. The summed E-state index contributed by atoms with van der Waals surface area (Å²) in [6.07, 6.45) is 8.27. The molecule has 0 aromatic heterocycles. The van der Waals surface area contributed by atoms with Gasteiger partial charge in [-0.25, -0.2) is 0 Å². The van der Waals surface area contributed by atoms with Crippen molar-refractivity contribution in [3.63, 3.8) is 0 Å². The van der Waals surface area contributed by atoms with Gasteiger partial charge in [-0.3, -0.25) is 0 Å². The number of hydrogen-bond donors (Lipinski definition) is 1. The second-order valence-electron chi connectivity index (χ2n) is 4.91. The molecule has 0 radical (unpaired) electrons. The molecule has 1 saturated carbocycles. The molecule has 1 N–H and O–H groups in total. The molecule has 1 fully saturated rings. The Labute approximate surface area is 104 Å². The van der Waals surface area contributed by atoms with Gasteiger partial charge in [-0.1, -0.05) is 25.0 Å². The highest BCUT2D eigenvalue weighted by Crippen LogP contribution is 2.22. The maximum Gasteiger partial charge on any atom is 0.119 e. The van der Waals surface area contributed by atoms with E-state index < -0.39 is 0 Å².